The van der Waals surface area contributed by atoms with E-state index in [-0.39, 0.29) is 11.8 Å². The molecule has 2 aromatic heterocycles. The van der Waals surface area contributed by atoms with Crippen LogP contribution in [0.3, 0.4) is 0 Å². The van der Waals surface area contributed by atoms with Gasteiger partial charge in [0.25, 0.3) is 5.91 Å². The first-order chi connectivity index (χ1) is 10.6. The summed E-state index contributed by atoms with van der Waals surface area (Å²) in [6.07, 6.45) is 1.86. The first-order valence-corrected chi connectivity index (χ1v) is 7.65. The Labute approximate surface area is 131 Å². The molecule has 3 rings (SSSR count). The van der Waals surface area contributed by atoms with E-state index in [0.717, 1.165) is 21.5 Å². The number of rotatable bonds is 4. The van der Waals surface area contributed by atoms with Gasteiger partial charge in [-0.1, -0.05) is 0 Å². The van der Waals surface area contributed by atoms with Crippen molar-refractivity contribution in [2.45, 2.75) is 13.5 Å². The number of anilines is 1. The molecular formula is C16H15N3O2S. The molecule has 3 aromatic rings. The molecule has 0 atom stereocenters. The number of H-pyrrole nitrogens is 1. The number of fused-ring (bicyclic) bond motifs is 1. The zero-order valence-electron chi connectivity index (χ0n) is 12.0. The monoisotopic (exact) mass is 313 g/mol. The van der Waals surface area contributed by atoms with E-state index in [4.69, 9.17) is 0 Å². The number of thiophene rings is 1. The van der Waals surface area contributed by atoms with E-state index in [1.165, 1.54) is 18.3 Å². The Bertz CT molecular complexity index is 835. The van der Waals surface area contributed by atoms with E-state index in [1.54, 1.807) is 6.07 Å². The van der Waals surface area contributed by atoms with Gasteiger partial charge in [-0.15, -0.1) is 11.3 Å². The van der Waals surface area contributed by atoms with E-state index in [2.05, 4.69) is 15.6 Å². The van der Waals surface area contributed by atoms with Crippen molar-refractivity contribution in [1.82, 2.24) is 10.3 Å². The van der Waals surface area contributed by atoms with Gasteiger partial charge in [0.15, 0.2) is 0 Å². The number of aromatic nitrogens is 1. The molecule has 6 heteroatoms. The third-order valence-corrected chi connectivity index (χ3v) is 4.29. The molecular weight excluding hydrogens is 298 g/mol. The molecule has 0 saturated carbocycles. The topological polar surface area (TPSA) is 74.0 Å². The summed E-state index contributed by atoms with van der Waals surface area (Å²) in [6, 6.07) is 11.3. The number of nitrogens with one attached hydrogen (secondary N) is 3. The summed E-state index contributed by atoms with van der Waals surface area (Å²) in [5.41, 5.74) is 1.79. The number of hydrogen-bond donors (Lipinski definition) is 3. The molecule has 0 saturated heterocycles. The van der Waals surface area contributed by atoms with E-state index < -0.39 is 0 Å². The maximum Gasteiger partial charge on any atom is 0.265 e. The third kappa shape index (κ3) is 3.17. The van der Waals surface area contributed by atoms with Gasteiger partial charge in [-0.05, 0) is 36.4 Å². The Hall–Kier alpha value is -2.60. The minimum absolute atomic E-state index is 0.0841. The predicted octanol–water partition coefficient (Wildman–Crippen LogP) is 3.12. The number of carbonyl (C=O) groups excluding carboxylic acids is 2. The number of hydrogen-bond acceptors (Lipinski definition) is 3. The molecule has 0 aliphatic rings. The second-order valence-electron chi connectivity index (χ2n) is 4.91. The van der Waals surface area contributed by atoms with Crippen molar-refractivity contribution >= 4 is 39.7 Å². The third-order valence-electron chi connectivity index (χ3n) is 3.21. The lowest BCUT2D eigenvalue weighted by Crippen LogP contribution is -2.18. The quantitative estimate of drug-likeness (QED) is 0.692. The maximum absolute atomic E-state index is 12.2. The lowest BCUT2D eigenvalue weighted by Gasteiger charge is -2.03. The molecule has 0 bridgehead atoms. The molecule has 3 N–H and O–H groups in total. The average Bonchev–Trinajstić information content (AvgIpc) is 3.13. The summed E-state index contributed by atoms with van der Waals surface area (Å²) in [7, 11) is 0. The summed E-state index contributed by atoms with van der Waals surface area (Å²) in [5.74, 6) is -0.229. The highest BCUT2D eigenvalue weighted by molar-refractivity contribution is 7.14. The fourth-order valence-corrected chi connectivity index (χ4v) is 2.97. The fraction of sp³-hybridized carbons (Fsp3) is 0.125. The molecule has 1 aromatic carbocycles. The number of benzene rings is 1. The lowest BCUT2D eigenvalue weighted by molar-refractivity contribution is -0.119. The summed E-state index contributed by atoms with van der Waals surface area (Å²) in [6.45, 7) is 1.92. The molecule has 112 valence electrons. The van der Waals surface area contributed by atoms with Crippen LogP contribution in [-0.4, -0.2) is 16.8 Å². The highest BCUT2D eigenvalue weighted by atomic mass is 32.1. The van der Waals surface area contributed by atoms with Crippen LogP contribution in [0, 0.1) is 0 Å². The Kier molecular flexibility index (Phi) is 3.93. The molecule has 0 unspecified atom stereocenters. The van der Waals surface area contributed by atoms with Crippen molar-refractivity contribution in [2.24, 2.45) is 0 Å². The smallest absolute Gasteiger partial charge is 0.265 e. The number of amides is 2. The molecule has 0 spiro atoms. The second-order valence-corrected chi connectivity index (χ2v) is 6.08. The van der Waals surface area contributed by atoms with Gasteiger partial charge in [-0.2, -0.15) is 0 Å². The highest BCUT2D eigenvalue weighted by Gasteiger charge is 2.10. The van der Waals surface area contributed by atoms with Crippen LogP contribution in [0.25, 0.3) is 10.9 Å². The van der Waals surface area contributed by atoms with Crippen LogP contribution in [0.2, 0.25) is 0 Å². The Morgan fingerprint density at radius 2 is 2.05 bits per heavy atom. The minimum Gasteiger partial charge on any atom is -0.361 e. The van der Waals surface area contributed by atoms with Crippen molar-refractivity contribution < 1.29 is 9.59 Å². The van der Waals surface area contributed by atoms with Gasteiger partial charge in [0, 0.05) is 34.6 Å². The van der Waals surface area contributed by atoms with Crippen LogP contribution >= 0.6 is 11.3 Å². The maximum atomic E-state index is 12.2. The van der Waals surface area contributed by atoms with Gasteiger partial charge in [0.1, 0.15) is 0 Å². The molecule has 22 heavy (non-hydrogen) atoms. The number of aromatic amines is 1. The van der Waals surface area contributed by atoms with E-state index >= 15 is 0 Å². The van der Waals surface area contributed by atoms with Crippen molar-refractivity contribution in [1.29, 1.82) is 0 Å². The molecule has 0 fully saturated rings. The summed E-state index contributed by atoms with van der Waals surface area (Å²) >= 11 is 1.37. The zero-order valence-corrected chi connectivity index (χ0v) is 12.8. The van der Waals surface area contributed by atoms with Gasteiger partial charge < -0.3 is 15.6 Å². The lowest BCUT2D eigenvalue weighted by atomic mass is 10.2. The van der Waals surface area contributed by atoms with Crippen LogP contribution in [0.4, 0.5) is 5.69 Å². The molecule has 2 heterocycles. The average molecular weight is 313 g/mol. The Morgan fingerprint density at radius 1 is 1.18 bits per heavy atom. The molecule has 2 amide bonds. The SMILES string of the molecule is CC(=O)NCc1ccc(C(=O)Nc2ccc3[nH]ccc3c2)s1. The summed E-state index contributed by atoms with van der Waals surface area (Å²) < 4.78 is 0. The summed E-state index contributed by atoms with van der Waals surface area (Å²) in [4.78, 5) is 27.8. The normalized spacial score (nSPS) is 10.6. The van der Waals surface area contributed by atoms with Crippen LogP contribution < -0.4 is 10.6 Å². The molecule has 0 radical (unpaired) electrons. The van der Waals surface area contributed by atoms with Gasteiger partial charge in [-0.25, -0.2) is 0 Å². The van der Waals surface area contributed by atoms with Crippen molar-refractivity contribution in [3.63, 3.8) is 0 Å². The Morgan fingerprint density at radius 3 is 2.86 bits per heavy atom. The fourth-order valence-electron chi connectivity index (χ4n) is 2.13. The highest BCUT2D eigenvalue weighted by Crippen LogP contribution is 2.21. The molecule has 5 nitrogen and oxygen atoms in total. The van der Waals surface area contributed by atoms with Gasteiger partial charge in [0.05, 0.1) is 11.4 Å². The van der Waals surface area contributed by atoms with Crippen LogP contribution in [0.15, 0.2) is 42.6 Å². The molecule has 0 aliphatic heterocycles. The van der Waals surface area contributed by atoms with Crippen molar-refractivity contribution in [3.05, 3.63) is 52.3 Å². The van der Waals surface area contributed by atoms with E-state index in [9.17, 15) is 9.59 Å². The minimum atomic E-state index is -0.144. The van der Waals surface area contributed by atoms with Crippen molar-refractivity contribution in [3.8, 4) is 0 Å². The van der Waals surface area contributed by atoms with Gasteiger partial charge >= 0.3 is 0 Å². The zero-order chi connectivity index (χ0) is 15.5. The van der Waals surface area contributed by atoms with Gasteiger partial charge in [0.2, 0.25) is 5.91 Å². The predicted molar refractivity (Wildman–Crippen MR) is 88.1 cm³/mol. The van der Waals surface area contributed by atoms with E-state index in [1.807, 2.05) is 36.5 Å². The van der Waals surface area contributed by atoms with Gasteiger partial charge in [-0.3, -0.25) is 9.59 Å². The van der Waals surface area contributed by atoms with Crippen LogP contribution in [0.1, 0.15) is 21.5 Å². The van der Waals surface area contributed by atoms with Crippen LogP contribution in [-0.2, 0) is 11.3 Å². The number of carbonyl (C=O) groups is 2. The largest absolute Gasteiger partial charge is 0.361 e. The van der Waals surface area contributed by atoms with E-state index in [0.29, 0.717) is 11.4 Å². The first-order valence-electron chi connectivity index (χ1n) is 6.83. The van der Waals surface area contributed by atoms with Crippen molar-refractivity contribution in [2.75, 3.05) is 5.32 Å². The van der Waals surface area contributed by atoms with Crippen LogP contribution in [0.5, 0.6) is 0 Å². The standard InChI is InChI=1S/C16H15N3O2S/c1-10(20)18-9-13-3-5-15(22-13)16(21)19-12-2-4-14-11(8-12)6-7-17-14/h2-8,17H,9H2,1H3,(H,18,20)(H,19,21). The Balaban J connectivity index is 1.69. The summed E-state index contributed by atoms with van der Waals surface area (Å²) in [5, 5.41) is 6.66. The first kappa shape index (κ1) is 14.3. The molecule has 0 aliphatic carbocycles. The second kappa shape index (κ2) is 6.03.